The Morgan fingerprint density at radius 1 is 1.32 bits per heavy atom. The third-order valence-corrected chi connectivity index (χ3v) is 2.65. The molecule has 0 aliphatic heterocycles. The van der Waals surface area contributed by atoms with Gasteiger partial charge in [-0.1, -0.05) is 0 Å². The molecule has 1 amide bonds. The zero-order chi connectivity index (χ0) is 14.3. The Labute approximate surface area is 113 Å². The van der Waals surface area contributed by atoms with E-state index in [4.69, 9.17) is 5.73 Å². The number of nitrogens with one attached hydrogen (secondary N) is 1. The van der Waals surface area contributed by atoms with Crippen molar-refractivity contribution in [1.82, 2.24) is 0 Å². The molecule has 1 unspecified atom stereocenters. The highest BCUT2D eigenvalue weighted by Gasteiger charge is 2.06. The molecule has 0 aliphatic rings. The average Bonchev–Trinajstić information content (AvgIpc) is 2.38. The minimum absolute atomic E-state index is 0.0496. The van der Waals surface area contributed by atoms with Crippen molar-refractivity contribution in [2.75, 3.05) is 12.4 Å². The number of anilines is 1. The SMILES string of the molecule is COC(=O)c1ccc(NC(=O)CCCC(C)N)cc1. The van der Waals surface area contributed by atoms with Crippen LogP contribution in [0.1, 0.15) is 36.5 Å². The number of hydrogen-bond acceptors (Lipinski definition) is 4. The summed E-state index contributed by atoms with van der Waals surface area (Å²) in [5, 5.41) is 2.77. The third kappa shape index (κ3) is 5.52. The van der Waals surface area contributed by atoms with E-state index in [1.54, 1.807) is 24.3 Å². The van der Waals surface area contributed by atoms with Crippen LogP contribution in [0.25, 0.3) is 0 Å². The number of carbonyl (C=O) groups excluding carboxylic acids is 2. The van der Waals surface area contributed by atoms with Gasteiger partial charge in [0.2, 0.25) is 5.91 Å². The Balaban J connectivity index is 2.44. The summed E-state index contributed by atoms with van der Waals surface area (Å²) in [6, 6.07) is 6.70. The highest BCUT2D eigenvalue weighted by molar-refractivity contribution is 5.92. The molecule has 19 heavy (non-hydrogen) atoms. The Kier molecular flexibility index (Phi) is 6.02. The summed E-state index contributed by atoms with van der Waals surface area (Å²) in [6.45, 7) is 1.92. The number of nitrogens with two attached hydrogens (primary N) is 1. The molecule has 1 atom stereocenters. The lowest BCUT2D eigenvalue weighted by Gasteiger charge is -2.07. The van der Waals surface area contributed by atoms with Crippen molar-refractivity contribution in [3.8, 4) is 0 Å². The van der Waals surface area contributed by atoms with E-state index in [9.17, 15) is 9.59 Å². The van der Waals surface area contributed by atoms with Gasteiger partial charge < -0.3 is 15.8 Å². The minimum Gasteiger partial charge on any atom is -0.465 e. The van der Waals surface area contributed by atoms with Gasteiger partial charge in [-0.05, 0) is 44.0 Å². The van der Waals surface area contributed by atoms with Crippen LogP contribution in [-0.4, -0.2) is 25.0 Å². The van der Waals surface area contributed by atoms with Crippen molar-refractivity contribution in [1.29, 1.82) is 0 Å². The zero-order valence-electron chi connectivity index (χ0n) is 11.3. The van der Waals surface area contributed by atoms with Crippen LogP contribution in [0.15, 0.2) is 24.3 Å². The highest BCUT2D eigenvalue weighted by Crippen LogP contribution is 2.11. The van der Waals surface area contributed by atoms with Crippen LogP contribution in [0.4, 0.5) is 5.69 Å². The number of hydrogen-bond donors (Lipinski definition) is 2. The summed E-state index contributed by atoms with van der Waals surface area (Å²) < 4.78 is 4.59. The predicted molar refractivity (Wildman–Crippen MR) is 73.9 cm³/mol. The fourth-order valence-corrected chi connectivity index (χ4v) is 1.62. The average molecular weight is 264 g/mol. The lowest BCUT2D eigenvalue weighted by molar-refractivity contribution is -0.116. The van der Waals surface area contributed by atoms with E-state index in [1.807, 2.05) is 6.92 Å². The van der Waals surface area contributed by atoms with Gasteiger partial charge in [0, 0.05) is 18.2 Å². The molecule has 3 N–H and O–H groups in total. The summed E-state index contributed by atoms with van der Waals surface area (Å²) in [5.41, 5.74) is 6.74. The van der Waals surface area contributed by atoms with Crippen LogP contribution in [0, 0.1) is 0 Å². The van der Waals surface area contributed by atoms with E-state index in [-0.39, 0.29) is 11.9 Å². The molecule has 0 aliphatic carbocycles. The first-order valence-electron chi connectivity index (χ1n) is 6.26. The van der Waals surface area contributed by atoms with Crippen LogP contribution in [0.5, 0.6) is 0 Å². The molecule has 0 radical (unpaired) electrons. The Hall–Kier alpha value is -1.88. The van der Waals surface area contributed by atoms with Crippen molar-refractivity contribution in [2.24, 2.45) is 5.73 Å². The first-order chi connectivity index (χ1) is 9.02. The van der Waals surface area contributed by atoms with Crippen molar-refractivity contribution in [3.63, 3.8) is 0 Å². The molecule has 0 aromatic heterocycles. The first-order valence-corrected chi connectivity index (χ1v) is 6.26. The zero-order valence-corrected chi connectivity index (χ0v) is 11.3. The number of methoxy groups -OCH3 is 1. The van der Waals surface area contributed by atoms with Crippen LogP contribution >= 0.6 is 0 Å². The van der Waals surface area contributed by atoms with Crippen molar-refractivity contribution in [3.05, 3.63) is 29.8 Å². The lowest BCUT2D eigenvalue weighted by Crippen LogP contribution is -2.16. The summed E-state index contributed by atoms with van der Waals surface area (Å²) in [6.07, 6.45) is 2.04. The fourth-order valence-electron chi connectivity index (χ4n) is 1.62. The molecule has 1 rings (SSSR count). The largest absolute Gasteiger partial charge is 0.465 e. The first kappa shape index (κ1) is 15.2. The molecule has 0 heterocycles. The molecule has 1 aromatic carbocycles. The van der Waals surface area contributed by atoms with Crippen molar-refractivity contribution < 1.29 is 14.3 Å². The number of esters is 1. The maximum absolute atomic E-state index is 11.6. The van der Waals surface area contributed by atoms with E-state index in [0.29, 0.717) is 17.7 Å². The number of rotatable bonds is 6. The number of amides is 1. The van der Waals surface area contributed by atoms with Crippen LogP contribution in [0.3, 0.4) is 0 Å². The van der Waals surface area contributed by atoms with Gasteiger partial charge in [-0.3, -0.25) is 4.79 Å². The summed E-state index contributed by atoms with van der Waals surface area (Å²) in [5.74, 6) is -0.443. The number of carbonyl (C=O) groups is 2. The number of ether oxygens (including phenoxy) is 1. The van der Waals surface area contributed by atoms with Crippen molar-refractivity contribution in [2.45, 2.75) is 32.2 Å². The van der Waals surface area contributed by atoms with Crippen LogP contribution < -0.4 is 11.1 Å². The topological polar surface area (TPSA) is 81.4 Å². The number of benzene rings is 1. The molecule has 0 bridgehead atoms. The molecule has 104 valence electrons. The Morgan fingerprint density at radius 3 is 2.47 bits per heavy atom. The Bertz CT molecular complexity index is 427. The monoisotopic (exact) mass is 264 g/mol. The molecule has 0 spiro atoms. The Morgan fingerprint density at radius 2 is 1.95 bits per heavy atom. The van der Waals surface area contributed by atoms with Crippen LogP contribution in [0.2, 0.25) is 0 Å². The molecule has 0 saturated carbocycles. The van der Waals surface area contributed by atoms with E-state index < -0.39 is 5.97 Å². The molecular formula is C14H20N2O3. The molecule has 5 nitrogen and oxygen atoms in total. The summed E-state index contributed by atoms with van der Waals surface area (Å²) >= 11 is 0. The van der Waals surface area contributed by atoms with E-state index in [2.05, 4.69) is 10.1 Å². The van der Waals surface area contributed by atoms with E-state index >= 15 is 0 Å². The highest BCUT2D eigenvalue weighted by atomic mass is 16.5. The normalized spacial score (nSPS) is 11.7. The summed E-state index contributed by atoms with van der Waals surface area (Å²) in [7, 11) is 1.33. The van der Waals surface area contributed by atoms with Gasteiger partial charge in [-0.15, -0.1) is 0 Å². The summed E-state index contributed by atoms with van der Waals surface area (Å²) in [4.78, 5) is 22.9. The molecule has 1 aromatic rings. The second kappa shape index (κ2) is 7.53. The van der Waals surface area contributed by atoms with Gasteiger partial charge in [-0.25, -0.2) is 4.79 Å². The third-order valence-electron chi connectivity index (χ3n) is 2.65. The smallest absolute Gasteiger partial charge is 0.337 e. The van der Waals surface area contributed by atoms with Gasteiger partial charge in [0.15, 0.2) is 0 Å². The van der Waals surface area contributed by atoms with Gasteiger partial charge in [-0.2, -0.15) is 0 Å². The van der Waals surface area contributed by atoms with Gasteiger partial charge >= 0.3 is 5.97 Å². The minimum atomic E-state index is -0.394. The lowest BCUT2D eigenvalue weighted by atomic mass is 10.1. The molecule has 5 heteroatoms. The van der Waals surface area contributed by atoms with Gasteiger partial charge in [0.1, 0.15) is 0 Å². The van der Waals surface area contributed by atoms with Crippen LogP contribution in [-0.2, 0) is 9.53 Å². The second-order valence-corrected chi connectivity index (χ2v) is 4.49. The van der Waals surface area contributed by atoms with E-state index in [1.165, 1.54) is 7.11 Å². The van der Waals surface area contributed by atoms with Gasteiger partial charge in [0.25, 0.3) is 0 Å². The maximum Gasteiger partial charge on any atom is 0.337 e. The van der Waals surface area contributed by atoms with Crippen molar-refractivity contribution >= 4 is 17.6 Å². The van der Waals surface area contributed by atoms with E-state index in [0.717, 1.165) is 12.8 Å². The fraction of sp³-hybridized carbons (Fsp3) is 0.429. The molecule has 0 saturated heterocycles. The quantitative estimate of drug-likeness (QED) is 0.769. The standard InChI is InChI=1S/C14H20N2O3/c1-10(15)4-3-5-13(17)16-12-8-6-11(7-9-12)14(18)19-2/h6-10H,3-5,15H2,1-2H3,(H,16,17). The van der Waals surface area contributed by atoms with Gasteiger partial charge in [0.05, 0.1) is 12.7 Å². The maximum atomic E-state index is 11.6. The predicted octanol–water partition coefficient (Wildman–Crippen LogP) is 1.93. The second-order valence-electron chi connectivity index (χ2n) is 4.49. The molecule has 0 fully saturated rings. The molecular weight excluding hydrogens is 244 g/mol.